The van der Waals surface area contributed by atoms with E-state index in [-0.39, 0.29) is 8.68 Å². The van der Waals surface area contributed by atoms with Gasteiger partial charge >= 0.3 is 0 Å². The van der Waals surface area contributed by atoms with Gasteiger partial charge in [-0.2, -0.15) is 4.31 Å². The number of nitrogens with zero attached hydrogens (tertiary/aromatic N) is 3. The molecule has 2 heterocycles. The zero-order valence-corrected chi connectivity index (χ0v) is 14.1. The number of halogens is 1. The first-order valence-corrected chi connectivity index (χ1v) is 9.37. The van der Waals surface area contributed by atoms with Crippen molar-refractivity contribution in [2.45, 2.75) is 24.5 Å². The third-order valence-corrected chi connectivity index (χ3v) is 6.85. The molecule has 0 aliphatic carbocycles. The summed E-state index contributed by atoms with van der Waals surface area (Å²) in [5.41, 5.74) is 0. The Morgan fingerprint density at radius 1 is 1.35 bits per heavy atom. The van der Waals surface area contributed by atoms with Gasteiger partial charge in [0.2, 0.25) is 0 Å². The predicted molar refractivity (Wildman–Crippen MR) is 81.8 cm³/mol. The van der Waals surface area contributed by atoms with Crippen molar-refractivity contribution in [1.29, 1.82) is 0 Å². The van der Waals surface area contributed by atoms with Crippen LogP contribution in [0.5, 0.6) is 0 Å². The molecule has 0 amide bonds. The first-order valence-electron chi connectivity index (χ1n) is 6.73. The minimum Gasteiger partial charge on any atom is -0.301 e. The second-order valence-electron chi connectivity index (χ2n) is 5.36. The number of hydrogen-bond acceptors (Lipinski definition) is 5. The van der Waals surface area contributed by atoms with Crippen molar-refractivity contribution in [1.82, 2.24) is 14.2 Å². The van der Waals surface area contributed by atoms with Crippen LogP contribution in [-0.4, -0.2) is 55.3 Å². The lowest BCUT2D eigenvalue weighted by Crippen LogP contribution is -2.48. The smallest absolute Gasteiger partial charge is 0.254 e. The highest BCUT2D eigenvalue weighted by atomic mass is 35.5. The molecule has 1 aromatic heterocycles. The Morgan fingerprint density at radius 2 is 2.00 bits per heavy atom. The molecule has 0 N–H and O–H groups in total. The fourth-order valence-electron chi connectivity index (χ4n) is 2.12. The summed E-state index contributed by atoms with van der Waals surface area (Å²) in [6.45, 7) is 8.10. The van der Waals surface area contributed by atoms with Crippen LogP contribution in [0.25, 0.3) is 0 Å². The van der Waals surface area contributed by atoms with Gasteiger partial charge in [0.1, 0.15) is 0 Å². The molecule has 1 aliphatic rings. The van der Waals surface area contributed by atoms with Crippen molar-refractivity contribution in [2.24, 2.45) is 5.92 Å². The van der Waals surface area contributed by atoms with Crippen molar-refractivity contribution >= 4 is 33.0 Å². The SMILES string of the molecule is CC(C)CCN1CCN(S(=O)(=O)c2cnc(Cl)s2)CC1. The highest BCUT2D eigenvalue weighted by Crippen LogP contribution is 2.26. The Morgan fingerprint density at radius 3 is 2.50 bits per heavy atom. The van der Waals surface area contributed by atoms with E-state index < -0.39 is 10.0 Å². The van der Waals surface area contributed by atoms with Crippen LogP contribution in [0.2, 0.25) is 4.47 Å². The van der Waals surface area contributed by atoms with Crippen molar-refractivity contribution in [2.75, 3.05) is 32.7 Å². The van der Waals surface area contributed by atoms with Crippen LogP contribution in [0.1, 0.15) is 20.3 Å². The van der Waals surface area contributed by atoms with E-state index in [1.54, 1.807) is 0 Å². The van der Waals surface area contributed by atoms with Crippen LogP contribution in [0.4, 0.5) is 0 Å². The summed E-state index contributed by atoms with van der Waals surface area (Å²) >= 11 is 6.73. The molecular formula is C12H20ClN3O2S2. The maximum atomic E-state index is 12.4. The van der Waals surface area contributed by atoms with Crippen LogP contribution in [0.15, 0.2) is 10.4 Å². The molecule has 1 saturated heterocycles. The summed E-state index contributed by atoms with van der Waals surface area (Å²) < 4.78 is 26.8. The normalized spacial score (nSPS) is 18.8. The topological polar surface area (TPSA) is 53.5 Å². The lowest BCUT2D eigenvalue weighted by Gasteiger charge is -2.33. The largest absolute Gasteiger partial charge is 0.301 e. The van der Waals surface area contributed by atoms with Gasteiger partial charge in [-0.1, -0.05) is 36.8 Å². The van der Waals surface area contributed by atoms with Gasteiger partial charge in [0.15, 0.2) is 8.68 Å². The molecule has 2 rings (SSSR count). The maximum absolute atomic E-state index is 12.4. The molecule has 0 unspecified atom stereocenters. The monoisotopic (exact) mass is 337 g/mol. The van der Waals surface area contributed by atoms with Gasteiger partial charge in [0.05, 0.1) is 6.20 Å². The Kier molecular flexibility index (Phi) is 5.42. The maximum Gasteiger partial charge on any atom is 0.254 e. The van der Waals surface area contributed by atoms with Gasteiger partial charge < -0.3 is 4.90 Å². The first kappa shape index (κ1) is 16.2. The van der Waals surface area contributed by atoms with Crippen LogP contribution in [-0.2, 0) is 10.0 Å². The molecule has 5 nitrogen and oxygen atoms in total. The lowest BCUT2D eigenvalue weighted by molar-refractivity contribution is 0.181. The molecule has 0 atom stereocenters. The summed E-state index contributed by atoms with van der Waals surface area (Å²) in [5, 5.41) is 0. The minimum absolute atomic E-state index is 0.234. The second-order valence-corrected chi connectivity index (χ2v) is 9.14. The number of hydrogen-bond donors (Lipinski definition) is 0. The molecule has 1 aliphatic heterocycles. The summed E-state index contributed by atoms with van der Waals surface area (Å²) in [5.74, 6) is 0.677. The molecule has 0 saturated carbocycles. The van der Waals surface area contributed by atoms with Crippen LogP contribution < -0.4 is 0 Å². The fraction of sp³-hybridized carbons (Fsp3) is 0.750. The minimum atomic E-state index is -3.42. The molecule has 8 heteroatoms. The first-order chi connectivity index (χ1) is 9.39. The third kappa shape index (κ3) is 3.92. The summed E-state index contributed by atoms with van der Waals surface area (Å²) in [6, 6.07) is 0. The van der Waals surface area contributed by atoms with Crippen LogP contribution >= 0.6 is 22.9 Å². The molecule has 0 aromatic carbocycles. The van der Waals surface area contributed by atoms with Crippen LogP contribution in [0, 0.1) is 5.92 Å². The number of sulfonamides is 1. The zero-order chi connectivity index (χ0) is 14.8. The summed E-state index contributed by atoms with van der Waals surface area (Å²) in [6.07, 6.45) is 2.49. The molecule has 0 bridgehead atoms. The Labute approximate surface area is 129 Å². The van der Waals surface area contributed by atoms with E-state index in [2.05, 4.69) is 23.7 Å². The highest BCUT2D eigenvalue weighted by Gasteiger charge is 2.29. The molecule has 0 radical (unpaired) electrons. The van der Waals surface area contributed by atoms with E-state index in [0.29, 0.717) is 19.0 Å². The van der Waals surface area contributed by atoms with Crippen molar-refractivity contribution in [3.05, 3.63) is 10.7 Å². The number of rotatable bonds is 5. The van der Waals surface area contributed by atoms with E-state index in [9.17, 15) is 8.42 Å². The second kappa shape index (κ2) is 6.70. The lowest BCUT2D eigenvalue weighted by atomic mass is 10.1. The third-order valence-electron chi connectivity index (χ3n) is 3.40. The van der Waals surface area contributed by atoms with E-state index >= 15 is 0 Å². The Hall–Kier alpha value is -0.210. The van der Waals surface area contributed by atoms with Crippen molar-refractivity contribution in [3.8, 4) is 0 Å². The number of piperazine rings is 1. The number of aromatic nitrogens is 1. The van der Waals surface area contributed by atoms with E-state index in [0.717, 1.165) is 37.4 Å². The van der Waals surface area contributed by atoms with E-state index in [4.69, 9.17) is 11.6 Å². The Bertz CT molecular complexity index is 537. The molecule has 1 fully saturated rings. The quantitative estimate of drug-likeness (QED) is 0.826. The van der Waals surface area contributed by atoms with E-state index in [1.807, 2.05) is 0 Å². The predicted octanol–water partition coefficient (Wildman–Crippen LogP) is 2.15. The van der Waals surface area contributed by atoms with Crippen molar-refractivity contribution in [3.63, 3.8) is 0 Å². The van der Waals surface area contributed by atoms with Gasteiger partial charge in [-0.3, -0.25) is 0 Å². The Balaban J connectivity index is 1.93. The average molecular weight is 338 g/mol. The number of thiazole rings is 1. The molecular weight excluding hydrogens is 318 g/mol. The molecule has 114 valence electrons. The standard InChI is InChI=1S/C12H20ClN3O2S2/c1-10(2)3-4-15-5-7-16(8-6-15)20(17,18)11-9-14-12(13)19-11/h9-10H,3-8H2,1-2H3. The van der Waals surface area contributed by atoms with Gasteiger partial charge in [-0.05, 0) is 18.9 Å². The fourth-order valence-corrected chi connectivity index (χ4v) is 4.99. The van der Waals surface area contributed by atoms with E-state index in [1.165, 1.54) is 10.5 Å². The molecule has 20 heavy (non-hydrogen) atoms. The molecule has 0 spiro atoms. The zero-order valence-electron chi connectivity index (χ0n) is 11.7. The van der Waals surface area contributed by atoms with Crippen LogP contribution in [0.3, 0.4) is 0 Å². The molecule has 1 aromatic rings. The highest BCUT2D eigenvalue weighted by molar-refractivity contribution is 7.91. The summed E-state index contributed by atoms with van der Waals surface area (Å²) in [7, 11) is -3.42. The van der Waals surface area contributed by atoms with Crippen molar-refractivity contribution < 1.29 is 8.42 Å². The van der Waals surface area contributed by atoms with Gasteiger partial charge in [-0.25, -0.2) is 13.4 Å². The van der Waals surface area contributed by atoms with Gasteiger partial charge in [0.25, 0.3) is 10.0 Å². The van der Waals surface area contributed by atoms with Gasteiger partial charge in [-0.15, -0.1) is 0 Å². The average Bonchev–Trinajstić information content (AvgIpc) is 2.84. The summed E-state index contributed by atoms with van der Waals surface area (Å²) in [4.78, 5) is 6.13. The van der Waals surface area contributed by atoms with Gasteiger partial charge in [0, 0.05) is 26.2 Å².